The summed E-state index contributed by atoms with van der Waals surface area (Å²) in [6.45, 7) is 4.53. The summed E-state index contributed by atoms with van der Waals surface area (Å²) in [5, 5.41) is 13.9. The number of amides is 1. The van der Waals surface area contributed by atoms with Gasteiger partial charge in [0.15, 0.2) is 5.16 Å². The predicted molar refractivity (Wildman–Crippen MR) is 114 cm³/mol. The Hall–Kier alpha value is -3.47. The number of rotatable bonds is 8. The first-order chi connectivity index (χ1) is 14.8. The molecular weight excluding hydrogens is 427 g/mol. The Morgan fingerprint density at radius 3 is 2.71 bits per heavy atom. The van der Waals surface area contributed by atoms with Crippen LogP contribution in [0.3, 0.4) is 0 Å². The van der Waals surface area contributed by atoms with Gasteiger partial charge >= 0.3 is 11.7 Å². The van der Waals surface area contributed by atoms with Gasteiger partial charge in [0, 0.05) is 18.3 Å². The summed E-state index contributed by atoms with van der Waals surface area (Å²) < 4.78 is 20.4. The molecule has 0 unspecified atom stereocenters. The highest BCUT2D eigenvalue weighted by Crippen LogP contribution is 2.26. The van der Waals surface area contributed by atoms with Crippen molar-refractivity contribution in [2.75, 3.05) is 17.7 Å². The van der Waals surface area contributed by atoms with Crippen LogP contribution in [-0.4, -0.2) is 38.7 Å². The number of carbonyl (C=O) groups is 2. The first kappa shape index (κ1) is 22.2. The van der Waals surface area contributed by atoms with Crippen LogP contribution in [-0.2, 0) is 16.1 Å². The van der Waals surface area contributed by atoms with Gasteiger partial charge in [0.05, 0.1) is 33.9 Å². The van der Waals surface area contributed by atoms with E-state index in [1.165, 1.54) is 17.8 Å². The smallest absolute Gasteiger partial charge is 0.338 e. The zero-order chi connectivity index (χ0) is 22.5. The molecule has 0 aliphatic heterocycles. The summed E-state index contributed by atoms with van der Waals surface area (Å²) in [4.78, 5) is 38.7. The van der Waals surface area contributed by atoms with Crippen LogP contribution in [0.4, 0.5) is 15.8 Å². The number of fused-ring (bicyclic) bond motifs is 1. The minimum Gasteiger partial charge on any atom is -0.462 e. The Balaban J connectivity index is 1.74. The molecule has 1 aromatic heterocycles. The van der Waals surface area contributed by atoms with E-state index in [1.807, 2.05) is 11.5 Å². The average Bonchev–Trinajstić information content (AvgIpc) is 3.10. The lowest BCUT2D eigenvalue weighted by molar-refractivity contribution is -0.387. The van der Waals surface area contributed by atoms with Gasteiger partial charge < -0.3 is 14.6 Å². The van der Waals surface area contributed by atoms with Gasteiger partial charge in [-0.3, -0.25) is 14.9 Å². The number of nitro groups is 1. The number of aryl methyl sites for hydroxylation is 1. The predicted octanol–water partition coefficient (Wildman–Crippen LogP) is 4.01. The standard InChI is InChI=1S/C20H19FN4O5S/c1-3-24-16-8-5-12(19(27)30-4-2)9-15(16)23-20(24)31-11-18(26)22-13-6-7-14(21)17(10-13)25(28)29/h5-10H,3-4,11H2,1-2H3,(H,22,26). The van der Waals surface area contributed by atoms with Crippen molar-refractivity contribution >= 4 is 46.0 Å². The van der Waals surface area contributed by atoms with Crippen LogP contribution in [0, 0.1) is 15.9 Å². The first-order valence-corrected chi connectivity index (χ1v) is 10.4. The molecule has 2 aromatic carbocycles. The number of nitrogens with zero attached hydrogens (tertiary/aromatic N) is 3. The molecule has 0 atom stereocenters. The number of carbonyl (C=O) groups excluding carboxylic acids is 2. The highest BCUT2D eigenvalue weighted by Gasteiger charge is 2.17. The van der Waals surface area contributed by atoms with Crippen molar-refractivity contribution in [3.63, 3.8) is 0 Å². The summed E-state index contributed by atoms with van der Waals surface area (Å²) in [5.74, 6) is -1.85. The van der Waals surface area contributed by atoms with Crippen molar-refractivity contribution < 1.29 is 23.6 Å². The van der Waals surface area contributed by atoms with Crippen LogP contribution in [0.1, 0.15) is 24.2 Å². The quantitative estimate of drug-likeness (QED) is 0.240. The number of hydrogen-bond acceptors (Lipinski definition) is 7. The molecule has 0 saturated heterocycles. The van der Waals surface area contributed by atoms with Gasteiger partial charge in [0.2, 0.25) is 11.7 Å². The summed E-state index contributed by atoms with van der Waals surface area (Å²) in [6, 6.07) is 8.23. The van der Waals surface area contributed by atoms with Crippen molar-refractivity contribution in [3.05, 3.63) is 57.9 Å². The highest BCUT2D eigenvalue weighted by molar-refractivity contribution is 7.99. The van der Waals surface area contributed by atoms with E-state index in [4.69, 9.17) is 4.74 Å². The Labute approximate surface area is 180 Å². The van der Waals surface area contributed by atoms with Gasteiger partial charge in [-0.15, -0.1) is 0 Å². The topological polar surface area (TPSA) is 116 Å². The molecule has 1 heterocycles. The number of thioether (sulfide) groups is 1. The van der Waals surface area contributed by atoms with Crippen molar-refractivity contribution in [2.45, 2.75) is 25.5 Å². The molecule has 3 aromatic rings. The van der Waals surface area contributed by atoms with Crippen molar-refractivity contribution in [3.8, 4) is 0 Å². The van der Waals surface area contributed by atoms with Crippen LogP contribution >= 0.6 is 11.8 Å². The molecule has 11 heteroatoms. The fourth-order valence-electron chi connectivity index (χ4n) is 2.92. The number of imidazole rings is 1. The van der Waals surface area contributed by atoms with Crippen LogP contribution in [0.2, 0.25) is 0 Å². The van der Waals surface area contributed by atoms with E-state index in [1.54, 1.807) is 25.1 Å². The number of nitrogens with one attached hydrogen (secondary N) is 1. The minimum absolute atomic E-state index is 0.0147. The third kappa shape index (κ3) is 5.00. The molecule has 31 heavy (non-hydrogen) atoms. The molecule has 0 saturated carbocycles. The second-order valence-electron chi connectivity index (χ2n) is 6.32. The number of ether oxygens (including phenoxy) is 1. The summed E-state index contributed by atoms with van der Waals surface area (Å²) in [5.41, 5.74) is 1.22. The largest absolute Gasteiger partial charge is 0.462 e. The zero-order valence-corrected chi connectivity index (χ0v) is 17.6. The van der Waals surface area contributed by atoms with E-state index in [-0.39, 0.29) is 18.0 Å². The molecule has 1 N–H and O–H groups in total. The van der Waals surface area contributed by atoms with E-state index in [9.17, 15) is 24.1 Å². The van der Waals surface area contributed by atoms with Crippen LogP contribution in [0.15, 0.2) is 41.6 Å². The minimum atomic E-state index is -0.976. The van der Waals surface area contributed by atoms with Crippen molar-refractivity contribution in [2.24, 2.45) is 0 Å². The molecule has 0 radical (unpaired) electrons. The summed E-state index contributed by atoms with van der Waals surface area (Å²) in [7, 11) is 0. The maximum Gasteiger partial charge on any atom is 0.338 e. The third-order valence-corrected chi connectivity index (χ3v) is 5.28. The fourth-order valence-corrected chi connectivity index (χ4v) is 3.80. The number of esters is 1. The first-order valence-electron chi connectivity index (χ1n) is 9.38. The van der Waals surface area contributed by atoms with E-state index < -0.39 is 28.3 Å². The second kappa shape index (κ2) is 9.56. The molecule has 0 aliphatic carbocycles. The maximum absolute atomic E-state index is 13.4. The molecule has 1 amide bonds. The summed E-state index contributed by atoms with van der Waals surface area (Å²) in [6.07, 6.45) is 0. The molecule has 0 fully saturated rings. The lowest BCUT2D eigenvalue weighted by atomic mass is 10.2. The number of halogens is 1. The number of benzene rings is 2. The zero-order valence-electron chi connectivity index (χ0n) is 16.8. The van der Waals surface area contributed by atoms with E-state index in [0.717, 1.165) is 17.6 Å². The van der Waals surface area contributed by atoms with E-state index in [2.05, 4.69) is 10.3 Å². The Morgan fingerprint density at radius 2 is 2.03 bits per heavy atom. The van der Waals surface area contributed by atoms with E-state index in [0.29, 0.717) is 22.8 Å². The van der Waals surface area contributed by atoms with Gasteiger partial charge in [0.1, 0.15) is 0 Å². The second-order valence-corrected chi connectivity index (χ2v) is 7.27. The SMILES string of the molecule is CCOC(=O)c1ccc2c(c1)nc(SCC(=O)Nc1ccc(F)c([N+](=O)[O-])c1)n2CC. The number of aromatic nitrogens is 2. The lowest BCUT2D eigenvalue weighted by Crippen LogP contribution is -2.15. The number of hydrogen-bond donors (Lipinski definition) is 1. The molecule has 162 valence electrons. The van der Waals surface area contributed by atoms with Gasteiger partial charge in [-0.25, -0.2) is 9.78 Å². The molecule has 0 aliphatic rings. The Bertz CT molecular complexity index is 1160. The Morgan fingerprint density at radius 1 is 1.26 bits per heavy atom. The molecule has 9 nitrogen and oxygen atoms in total. The monoisotopic (exact) mass is 446 g/mol. The van der Waals surface area contributed by atoms with E-state index >= 15 is 0 Å². The van der Waals surface area contributed by atoms with Crippen molar-refractivity contribution in [1.29, 1.82) is 0 Å². The van der Waals surface area contributed by atoms with Crippen LogP contribution in [0.5, 0.6) is 0 Å². The summed E-state index contributed by atoms with van der Waals surface area (Å²) >= 11 is 1.18. The maximum atomic E-state index is 13.4. The average molecular weight is 446 g/mol. The van der Waals surface area contributed by atoms with Gasteiger partial charge in [-0.2, -0.15) is 4.39 Å². The van der Waals surface area contributed by atoms with Crippen LogP contribution < -0.4 is 5.32 Å². The molecule has 0 bridgehead atoms. The third-order valence-electron chi connectivity index (χ3n) is 4.30. The van der Waals surface area contributed by atoms with Crippen molar-refractivity contribution in [1.82, 2.24) is 9.55 Å². The van der Waals surface area contributed by atoms with Crippen LogP contribution in [0.25, 0.3) is 11.0 Å². The lowest BCUT2D eigenvalue weighted by Gasteiger charge is -2.07. The molecular formula is C20H19FN4O5S. The van der Waals surface area contributed by atoms with Gasteiger partial charge in [-0.1, -0.05) is 11.8 Å². The van der Waals surface area contributed by atoms with Gasteiger partial charge in [0.25, 0.3) is 0 Å². The van der Waals surface area contributed by atoms with Gasteiger partial charge in [-0.05, 0) is 44.2 Å². The molecule has 0 spiro atoms. The number of anilines is 1. The Kier molecular flexibility index (Phi) is 6.85. The fraction of sp³-hybridized carbons (Fsp3) is 0.250. The molecule has 3 rings (SSSR count). The normalized spacial score (nSPS) is 10.8. The highest BCUT2D eigenvalue weighted by atomic mass is 32.2. The number of nitro benzene ring substituents is 1.